The first kappa shape index (κ1) is 14.8. The van der Waals surface area contributed by atoms with Crippen LogP contribution in [0.2, 0.25) is 0 Å². The van der Waals surface area contributed by atoms with Crippen LogP contribution in [0.3, 0.4) is 0 Å². The fourth-order valence-electron chi connectivity index (χ4n) is 4.25. The predicted molar refractivity (Wildman–Crippen MR) is 80.0 cm³/mol. The molecule has 0 aromatic rings. The van der Waals surface area contributed by atoms with E-state index >= 15 is 0 Å². The minimum atomic E-state index is 0.0463. The average Bonchev–Trinajstić information content (AvgIpc) is 2.89. The minimum Gasteiger partial charge on any atom is -0.378 e. The van der Waals surface area contributed by atoms with E-state index in [1.807, 2.05) is 0 Å². The molecule has 0 saturated carbocycles. The lowest BCUT2D eigenvalue weighted by Gasteiger charge is -2.46. The highest BCUT2D eigenvalue weighted by Gasteiger charge is 2.43. The molecule has 3 aliphatic rings. The van der Waals surface area contributed by atoms with Gasteiger partial charge in [-0.25, -0.2) is 0 Å². The molecule has 4 unspecified atom stereocenters. The molecule has 3 saturated heterocycles. The van der Waals surface area contributed by atoms with Crippen molar-refractivity contribution in [1.29, 1.82) is 0 Å². The van der Waals surface area contributed by atoms with E-state index in [1.54, 1.807) is 0 Å². The second-order valence-corrected chi connectivity index (χ2v) is 6.91. The fraction of sp³-hybridized carbons (Fsp3) is 1.00. The second-order valence-electron chi connectivity index (χ2n) is 6.91. The van der Waals surface area contributed by atoms with Crippen LogP contribution in [0.15, 0.2) is 0 Å². The van der Waals surface area contributed by atoms with Crippen molar-refractivity contribution in [2.45, 2.75) is 57.2 Å². The standard InChI is InChI=1S/C16H30N2O2/c1-3-17-15-4-7-18(11-13(15)2)14-5-8-20-16(10-14)6-9-19-12-16/h13-15,17H,3-12H2,1-2H3. The summed E-state index contributed by atoms with van der Waals surface area (Å²) in [5, 5.41) is 3.63. The van der Waals surface area contributed by atoms with E-state index in [4.69, 9.17) is 9.47 Å². The monoisotopic (exact) mass is 282 g/mol. The van der Waals surface area contributed by atoms with Crippen molar-refractivity contribution in [2.75, 3.05) is 39.5 Å². The second kappa shape index (κ2) is 6.30. The lowest BCUT2D eigenvalue weighted by molar-refractivity contribution is -0.110. The molecule has 0 aromatic carbocycles. The Morgan fingerprint density at radius 3 is 2.90 bits per heavy atom. The lowest BCUT2D eigenvalue weighted by Crippen LogP contribution is -2.55. The Morgan fingerprint density at radius 2 is 2.20 bits per heavy atom. The Balaban J connectivity index is 1.57. The zero-order valence-electron chi connectivity index (χ0n) is 13.1. The normalized spacial score (nSPS) is 43.2. The van der Waals surface area contributed by atoms with Crippen LogP contribution in [0, 0.1) is 5.92 Å². The summed E-state index contributed by atoms with van der Waals surface area (Å²) >= 11 is 0. The van der Waals surface area contributed by atoms with Gasteiger partial charge in [0.25, 0.3) is 0 Å². The van der Waals surface area contributed by atoms with Gasteiger partial charge < -0.3 is 14.8 Å². The first-order valence-electron chi connectivity index (χ1n) is 8.41. The Kier molecular flexibility index (Phi) is 4.65. The van der Waals surface area contributed by atoms with E-state index < -0.39 is 0 Å². The molecule has 0 aliphatic carbocycles. The van der Waals surface area contributed by atoms with Crippen LogP contribution in [-0.4, -0.2) is 62.0 Å². The summed E-state index contributed by atoms with van der Waals surface area (Å²) in [5.41, 5.74) is 0.0463. The molecule has 0 bridgehead atoms. The van der Waals surface area contributed by atoms with Crippen molar-refractivity contribution >= 4 is 0 Å². The van der Waals surface area contributed by atoms with Crippen molar-refractivity contribution in [3.63, 3.8) is 0 Å². The largest absolute Gasteiger partial charge is 0.378 e. The summed E-state index contributed by atoms with van der Waals surface area (Å²) in [4.78, 5) is 2.72. The number of ether oxygens (including phenoxy) is 2. The van der Waals surface area contributed by atoms with E-state index in [-0.39, 0.29) is 5.60 Å². The van der Waals surface area contributed by atoms with Crippen LogP contribution >= 0.6 is 0 Å². The molecule has 3 fully saturated rings. The van der Waals surface area contributed by atoms with E-state index in [2.05, 4.69) is 24.1 Å². The molecule has 1 N–H and O–H groups in total. The third kappa shape index (κ3) is 3.03. The third-order valence-electron chi connectivity index (χ3n) is 5.45. The number of rotatable bonds is 3. The van der Waals surface area contributed by atoms with Gasteiger partial charge in [0.1, 0.15) is 0 Å². The highest BCUT2D eigenvalue weighted by molar-refractivity contribution is 4.95. The van der Waals surface area contributed by atoms with Gasteiger partial charge in [-0.3, -0.25) is 4.90 Å². The van der Waals surface area contributed by atoms with Gasteiger partial charge in [-0.1, -0.05) is 13.8 Å². The van der Waals surface area contributed by atoms with E-state index in [0.717, 1.165) is 38.7 Å². The number of hydrogen-bond acceptors (Lipinski definition) is 4. The molecule has 116 valence electrons. The summed E-state index contributed by atoms with van der Waals surface area (Å²) in [6.45, 7) is 10.8. The van der Waals surface area contributed by atoms with E-state index in [9.17, 15) is 0 Å². The molecule has 20 heavy (non-hydrogen) atoms. The molecule has 1 spiro atoms. The summed E-state index contributed by atoms with van der Waals surface area (Å²) in [6.07, 6.45) is 4.74. The molecule has 3 aliphatic heterocycles. The predicted octanol–water partition coefficient (Wildman–Crippen LogP) is 1.64. The Bertz CT molecular complexity index is 318. The lowest BCUT2D eigenvalue weighted by atomic mass is 9.86. The molecule has 4 heteroatoms. The first-order chi connectivity index (χ1) is 9.72. The molecular weight excluding hydrogens is 252 g/mol. The summed E-state index contributed by atoms with van der Waals surface area (Å²) < 4.78 is 11.7. The molecule has 4 atom stereocenters. The minimum absolute atomic E-state index is 0.0463. The van der Waals surface area contributed by atoms with Crippen LogP contribution < -0.4 is 5.32 Å². The van der Waals surface area contributed by atoms with Gasteiger partial charge in [0, 0.05) is 38.3 Å². The molecule has 0 radical (unpaired) electrons. The summed E-state index contributed by atoms with van der Waals surface area (Å²) in [5.74, 6) is 0.752. The zero-order valence-corrected chi connectivity index (χ0v) is 13.1. The van der Waals surface area contributed by atoms with Crippen molar-refractivity contribution in [3.8, 4) is 0 Å². The van der Waals surface area contributed by atoms with Crippen LogP contribution in [0.25, 0.3) is 0 Å². The van der Waals surface area contributed by atoms with E-state index in [1.165, 1.54) is 32.4 Å². The number of likely N-dealkylation sites (tertiary alicyclic amines) is 1. The van der Waals surface area contributed by atoms with Crippen LogP contribution in [0.4, 0.5) is 0 Å². The average molecular weight is 282 g/mol. The highest BCUT2D eigenvalue weighted by atomic mass is 16.6. The van der Waals surface area contributed by atoms with Crippen LogP contribution in [0.1, 0.15) is 39.5 Å². The number of nitrogens with zero attached hydrogens (tertiary/aromatic N) is 1. The van der Waals surface area contributed by atoms with Crippen molar-refractivity contribution < 1.29 is 9.47 Å². The molecule has 0 aromatic heterocycles. The van der Waals surface area contributed by atoms with Gasteiger partial charge in [0.15, 0.2) is 0 Å². The van der Waals surface area contributed by atoms with Crippen molar-refractivity contribution in [1.82, 2.24) is 10.2 Å². The van der Waals surface area contributed by atoms with Crippen molar-refractivity contribution in [3.05, 3.63) is 0 Å². The summed E-state index contributed by atoms with van der Waals surface area (Å²) in [7, 11) is 0. The quantitative estimate of drug-likeness (QED) is 0.853. The Morgan fingerprint density at radius 1 is 1.30 bits per heavy atom. The molecule has 0 amide bonds. The third-order valence-corrected chi connectivity index (χ3v) is 5.45. The highest BCUT2D eigenvalue weighted by Crippen LogP contribution is 2.36. The van der Waals surface area contributed by atoms with Gasteiger partial charge in [0.05, 0.1) is 12.2 Å². The maximum absolute atomic E-state index is 6.07. The van der Waals surface area contributed by atoms with Gasteiger partial charge in [-0.15, -0.1) is 0 Å². The number of hydrogen-bond donors (Lipinski definition) is 1. The summed E-state index contributed by atoms with van der Waals surface area (Å²) in [6, 6.07) is 1.41. The van der Waals surface area contributed by atoms with Gasteiger partial charge in [-0.05, 0) is 38.3 Å². The maximum Gasteiger partial charge on any atom is 0.0951 e. The van der Waals surface area contributed by atoms with Gasteiger partial charge >= 0.3 is 0 Å². The SMILES string of the molecule is CCNC1CCN(C2CCOC3(CCOC3)C2)CC1C. The van der Waals surface area contributed by atoms with E-state index in [0.29, 0.717) is 12.1 Å². The van der Waals surface area contributed by atoms with Crippen LogP contribution in [0.5, 0.6) is 0 Å². The number of piperidine rings is 1. The maximum atomic E-state index is 6.07. The van der Waals surface area contributed by atoms with Crippen LogP contribution in [-0.2, 0) is 9.47 Å². The zero-order chi connectivity index (χ0) is 14.0. The van der Waals surface area contributed by atoms with Gasteiger partial charge in [0.2, 0.25) is 0 Å². The fourth-order valence-corrected chi connectivity index (χ4v) is 4.25. The Labute approximate surface area is 123 Å². The number of nitrogens with one attached hydrogen (secondary N) is 1. The molecule has 4 nitrogen and oxygen atoms in total. The Hall–Kier alpha value is -0.160. The smallest absolute Gasteiger partial charge is 0.0951 e. The molecule has 3 heterocycles. The van der Waals surface area contributed by atoms with Gasteiger partial charge in [-0.2, -0.15) is 0 Å². The molecular formula is C16H30N2O2. The first-order valence-corrected chi connectivity index (χ1v) is 8.41. The molecule has 3 rings (SSSR count). The van der Waals surface area contributed by atoms with Crippen molar-refractivity contribution in [2.24, 2.45) is 5.92 Å². The topological polar surface area (TPSA) is 33.7 Å².